The number of nitrogens with zero attached hydrogens (tertiary/aromatic N) is 5. The van der Waals surface area contributed by atoms with E-state index in [1.54, 1.807) is 4.57 Å². The first-order chi connectivity index (χ1) is 15.6. The van der Waals surface area contributed by atoms with Crippen LogP contribution >= 0.6 is 0 Å². The van der Waals surface area contributed by atoms with Gasteiger partial charge in [0.1, 0.15) is 0 Å². The van der Waals surface area contributed by atoms with Gasteiger partial charge in [-0.1, -0.05) is 12.1 Å². The normalized spacial score (nSPS) is 15.8. The number of carbonyl (C=O) groups is 1. The SMILES string of the molecule is CC(c1ccc2ccn(C(=O)N3CCN(c4ncccc4NC(C)(C)C)CC3)c2c1)N(C)C. The van der Waals surface area contributed by atoms with Gasteiger partial charge < -0.3 is 20.0 Å². The number of piperazine rings is 1. The molecule has 1 aliphatic heterocycles. The Bertz CT molecular complexity index is 1120. The summed E-state index contributed by atoms with van der Waals surface area (Å²) in [6, 6.07) is 12.8. The lowest BCUT2D eigenvalue weighted by Crippen LogP contribution is -2.50. The van der Waals surface area contributed by atoms with E-state index in [0.717, 1.165) is 35.5 Å². The second kappa shape index (κ2) is 9.06. The van der Waals surface area contributed by atoms with E-state index in [1.165, 1.54) is 5.56 Å². The zero-order valence-electron chi connectivity index (χ0n) is 20.7. The first-order valence-corrected chi connectivity index (χ1v) is 11.7. The van der Waals surface area contributed by atoms with Crippen molar-refractivity contribution in [3.63, 3.8) is 0 Å². The number of hydrogen-bond donors (Lipinski definition) is 1. The molecule has 1 aromatic carbocycles. The van der Waals surface area contributed by atoms with E-state index < -0.39 is 0 Å². The van der Waals surface area contributed by atoms with Crippen LogP contribution in [-0.2, 0) is 0 Å². The van der Waals surface area contributed by atoms with E-state index in [1.807, 2.05) is 29.4 Å². The molecule has 1 aliphatic rings. The highest BCUT2D eigenvalue weighted by molar-refractivity contribution is 5.92. The van der Waals surface area contributed by atoms with Crippen LogP contribution in [0.2, 0.25) is 0 Å². The van der Waals surface area contributed by atoms with Crippen LogP contribution in [0.25, 0.3) is 10.9 Å². The number of anilines is 2. The van der Waals surface area contributed by atoms with Crippen LogP contribution < -0.4 is 10.2 Å². The topological polar surface area (TPSA) is 56.6 Å². The fourth-order valence-corrected chi connectivity index (χ4v) is 4.28. The minimum absolute atomic E-state index is 0.0355. The maximum Gasteiger partial charge on any atom is 0.328 e. The number of carbonyl (C=O) groups excluding carboxylic acids is 1. The van der Waals surface area contributed by atoms with Gasteiger partial charge in [0.15, 0.2) is 5.82 Å². The van der Waals surface area contributed by atoms with Gasteiger partial charge in [-0.2, -0.15) is 0 Å². The minimum atomic E-state index is -0.0476. The number of rotatable bonds is 4. The zero-order valence-corrected chi connectivity index (χ0v) is 20.7. The summed E-state index contributed by atoms with van der Waals surface area (Å²) >= 11 is 0. The van der Waals surface area contributed by atoms with Crippen LogP contribution in [0.5, 0.6) is 0 Å². The molecule has 2 aromatic heterocycles. The maximum atomic E-state index is 13.4. The third kappa shape index (κ3) is 4.98. The minimum Gasteiger partial charge on any atom is -0.377 e. The molecule has 1 saturated heterocycles. The molecule has 33 heavy (non-hydrogen) atoms. The lowest BCUT2D eigenvalue weighted by molar-refractivity contribution is 0.197. The van der Waals surface area contributed by atoms with Crippen LogP contribution in [0.4, 0.5) is 16.3 Å². The van der Waals surface area contributed by atoms with E-state index >= 15 is 0 Å². The summed E-state index contributed by atoms with van der Waals surface area (Å²) in [6.07, 6.45) is 3.73. The summed E-state index contributed by atoms with van der Waals surface area (Å²) in [7, 11) is 4.14. The van der Waals surface area contributed by atoms with Crippen LogP contribution in [0.3, 0.4) is 0 Å². The van der Waals surface area contributed by atoms with Crippen molar-refractivity contribution in [1.29, 1.82) is 0 Å². The molecule has 4 rings (SSSR count). The molecule has 1 amide bonds. The largest absolute Gasteiger partial charge is 0.377 e. The summed E-state index contributed by atoms with van der Waals surface area (Å²) in [4.78, 5) is 24.4. The van der Waals surface area contributed by atoms with Crippen LogP contribution in [0, 0.1) is 0 Å². The summed E-state index contributed by atoms with van der Waals surface area (Å²) < 4.78 is 1.80. The van der Waals surface area contributed by atoms with E-state index in [9.17, 15) is 4.79 Å². The lowest BCUT2D eigenvalue weighted by Gasteiger charge is -2.37. The molecule has 1 atom stereocenters. The highest BCUT2D eigenvalue weighted by Gasteiger charge is 2.26. The molecular formula is C26H36N6O. The molecule has 0 bridgehead atoms. The summed E-state index contributed by atoms with van der Waals surface area (Å²) in [6.45, 7) is 11.4. The monoisotopic (exact) mass is 448 g/mol. The van der Waals surface area contributed by atoms with Crippen molar-refractivity contribution in [3.8, 4) is 0 Å². The second-order valence-electron chi connectivity index (χ2n) is 10.1. The Morgan fingerprint density at radius 2 is 1.82 bits per heavy atom. The fraction of sp³-hybridized carbons (Fsp3) is 0.462. The van der Waals surface area contributed by atoms with Crippen molar-refractivity contribution in [1.82, 2.24) is 19.4 Å². The van der Waals surface area contributed by atoms with Gasteiger partial charge in [-0.25, -0.2) is 9.78 Å². The van der Waals surface area contributed by atoms with Crippen LogP contribution in [-0.4, -0.2) is 71.2 Å². The van der Waals surface area contributed by atoms with Crippen LogP contribution in [0.15, 0.2) is 48.8 Å². The quantitative estimate of drug-likeness (QED) is 0.629. The molecule has 0 aliphatic carbocycles. The number of pyridine rings is 1. The third-order valence-corrected chi connectivity index (χ3v) is 6.33. The Kier molecular flexibility index (Phi) is 6.34. The van der Waals surface area contributed by atoms with Gasteiger partial charge in [0.05, 0.1) is 11.2 Å². The average Bonchev–Trinajstić information content (AvgIpc) is 3.20. The molecule has 1 fully saturated rings. The van der Waals surface area contributed by atoms with E-state index in [4.69, 9.17) is 0 Å². The Balaban J connectivity index is 1.50. The molecule has 7 nitrogen and oxygen atoms in total. The number of amides is 1. The van der Waals surface area contributed by atoms with Crippen molar-refractivity contribution in [2.45, 2.75) is 39.3 Å². The first-order valence-electron chi connectivity index (χ1n) is 11.7. The number of hydrogen-bond acceptors (Lipinski definition) is 5. The number of aromatic nitrogens is 2. The molecule has 0 radical (unpaired) electrons. The standard InChI is InChI=1S/C26H36N6O/c1-19(29(5)6)21-10-9-20-11-13-32(23(20)18-21)25(33)31-16-14-30(15-17-31)24-22(8-7-12-27-24)28-26(2,3)4/h7-13,18-19,28H,14-17H2,1-6H3. The molecular weight excluding hydrogens is 412 g/mol. The van der Waals surface area contributed by atoms with Crippen molar-refractivity contribution in [2.75, 3.05) is 50.5 Å². The fourth-order valence-electron chi connectivity index (χ4n) is 4.28. The van der Waals surface area contributed by atoms with Gasteiger partial charge in [-0.05, 0) is 71.6 Å². The third-order valence-electron chi connectivity index (χ3n) is 6.33. The summed E-state index contributed by atoms with van der Waals surface area (Å²) in [5.74, 6) is 0.952. The van der Waals surface area contributed by atoms with E-state index in [-0.39, 0.29) is 17.6 Å². The maximum absolute atomic E-state index is 13.4. The number of fused-ring (bicyclic) bond motifs is 1. The van der Waals surface area contributed by atoms with Gasteiger partial charge in [0, 0.05) is 55.5 Å². The molecule has 176 valence electrons. The predicted octanol–water partition coefficient (Wildman–Crippen LogP) is 4.66. The van der Waals surface area contributed by atoms with Crippen molar-refractivity contribution in [2.24, 2.45) is 0 Å². The Morgan fingerprint density at radius 3 is 2.48 bits per heavy atom. The average molecular weight is 449 g/mol. The number of nitrogens with one attached hydrogen (secondary N) is 1. The van der Waals surface area contributed by atoms with E-state index in [0.29, 0.717) is 13.1 Å². The van der Waals surface area contributed by atoms with Gasteiger partial charge in [0.2, 0.25) is 0 Å². The second-order valence-corrected chi connectivity index (χ2v) is 10.1. The smallest absolute Gasteiger partial charge is 0.328 e. The highest BCUT2D eigenvalue weighted by atomic mass is 16.2. The Labute approximate surface area is 197 Å². The highest BCUT2D eigenvalue weighted by Crippen LogP contribution is 2.28. The molecule has 7 heteroatoms. The summed E-state index contributed by atoms with van der Waals surface area (Å²) in [5, 5.41) is 4.64. The number of benzene rings is 1. The molecule has 0 saturated carbocycles. The van der Waals surface area contributed by atoms with E-state index in [2.05, 4.69) is 86.2 Å². The summed E-state index contributed by atoms with van der Waals surface area (Å²) in [5.41, 5.74) is 3.16. The van der Waals surface area contributed by atoms with Crippen molar-refractivity contribution in [3.05, 3.63) is 54.4 Å². The van der Waals surface area contributed by atoms with Gasteiger partial charge in [0.25, 0.3) is 0 Å². The van der Waals surface area contributed by atoms with Gasteiger partial charge >= 0.3 is 6.03 Å². The Hall–Kier alpha value is -3.06. The Morgan fingerprint density at radius 1 is 1.09 bits per heavy atom. The van der Waals surface area contributed by atoms with Gasteiger partial charge in [-0.15, -0.1) is 0 Å². The molecule has 0 spiro atoms. The molecule has 1 N–H and O–H groups in total. The molecule has 3 heterocycles. The van der Waals surface area contributed by atoms with Crippen molar-refractivity contribution >= 4 is 28.4 Å². The van der Waals surface area contributed by atoms with Crippen molar-refractivity contribution < 1.29 is 4.79 Å². The lowest BCUT2D eigenvalue weighted by atomic mass is 10.1. The first kappa shape index (κ1) is 23.1. The van der Waals surface area contributed by atoms with Crippen LogP contribution in [0.1, 0.15) is 39.3 Å². The zero-order chi connectivity index (χ0) is 23.8. The van der Waals surface area contributed by atoms with Gasteiger partial charge in [-0.3, -0.25) is 4.57 Å². The molecule has 3 aromatic rings. The molecule has 1 unspecified atom stereocenters. The predicted molar refractivity (Wildman–Crippen MR) is 136 cm³/mol.